The molecular weight excluding hydrogens is 490 g/mol. The molecular formula is C25H24ClN3O3S2. The van der Waals surface area contributed by atoms with Crippen molar-refractivity contribution >= 4 is 57.5 Å². The number of thioether (sulfide) groups is 1. The van der Waals surface area contributed by atoms with Crippen LogP contribution in [-0.2, 0) is 4.79 Å². The molecule has 34 heavy (non-hydrogen) atoms. The van der Waals surface area contributed by atoms with Crippen molar-refractivity contribution in [1.82, 2.24) is 14.3 Å². The molecule has 4 rings (SSSR count). The lowest BCUT2D eigenvalue weighted by molar-refractivity contribution is -0.122. The number of unbranched alkanes of at least 4 members (excludes halogenated alkanes) is 4. The van der Waals surface area contributed by atoms with Gasteiger partial charge in [-0.25, -0.2) is 0 Å². The molecule has 1 aliphatic rings. The molecule has 0 unspecified atom stereocenters. The minimum atomic E-state index is -0.350. The Labute approximate surface area is 212 Å². The highest BCUT2D eigenvalue weighted by molar-refractivity contribution is 8.26. The number of para-hydroxylation sites is 1. The van der Waals surface area contributed by atoms with Crippen molar-refractivity contribution in [3.05, 3.63) is 74.5 Å². The normalized spacial score (nSPS) is 15.0. The van der Waals surface area contributed by atoms with Crippen LogP contribution in [0.3, 0.4) is 0 Å². The number of rotatable bonds is 9. The first-order valence-corrected chi connectivity index (χ1v) is 12.8. The molecule has 3 aromatic rings. The number of nitrogens with zero attached hydrogens (tertiary/aromatic N) is 3. The fourth-order valence-electron chi connectivity index (χ4n) is 3.61. The molecule has 0 aliphatic carbocycles. The summed E-state index contributed by atoms with van der Waals surface area (Å²) in [7, 11) is 0. The summed E-state index contributed by atoms with van der Waals surface area (Å²) in [6, 6.07) is 12.2. The van der Waals surface area contributed by atoms with E-state index < -0.39 is 0 Å². The van der Waals surface area contributed by atoms with E-state index in [0.717, 1.165) is 25.7 Å². The van der Waals surface area contributed by atoms with Crippen molar-refractivity contribution in [1.29, 1.82) is 0 Å². The molecule has 1 aliphatic heterocycles. The smallest absolute Gasteiger partial charge is 0.269 e. The number of fused-ring (bicyclic) bond motifs is 1. The largest absolute Gasteiger partial charge is 0.437 e. The predicted octanol–water partition coefficient (Wildman–Crippen LogP) is 6.31. The van der Waals surface area contributed by atoms with Crippen LogP contribution in [0, 0.1) is 0 Å². The maximum Gasteiger partial charge on any atom is 0.269 e. The van der Waals surface area contributed by atoms with Gasteiger partial charge in [0.15, 0.2) is 0 Å². The summed E-state index contributed by atoms with van der Waals surface area (Å²) >= 11 is 12.9. The maximum absolute atomic E-state index is 13.4. The van der Waals surface area contributed by atoms with Gasteiger partial charge in [0.05, 0.1) is 9.93 Å². The minimum absolute atomic E-state index is 0.0779. The number of carbonyl (C=O) groups is 1. The van der Waals surface area contributed by atoms with Crippen LogP contribution in [0.1, 0.15) is 44.6 Å². The summed E-state index contributed by atoms with van der Waals surface area (Å²) < 4.78 is 7.87. The Morgan fingerprint density at radius 2 is 1.85 bits per heavy atom. The summed E-state index contributed by atoms with van der Waals surface area (Å²) in [5.41, 5.74) is 0.232. The number of ether oxygens (including phenoxy) is 1. The lowest BCUT2D eigenvalue weighted by Crippen LogP contribution is -2.29. The number of hydrogen-bond donors (Lipinski definition) is 0. The van der Waals surface area contributed by atoms with Gasteiger partial charge >= 0.3 is 0 Å². The van der Waals surface area contributed by atoms with Gasteiger partial charge in [-0.05, 0) is 36.8 Å². The number of benzene rings is 1. The Balaban J connectivity index is 1.68. The fourth-order valence-corrected chi connectivity index (χ4v) is 5.08. The highest BCUT2D eigenvalue weighted by atomic mass is 35.5. The van der Waals surface area contributed by atoms with Crippen molar-refractivity contribution in [2.24, 2.45) is 0 Å². The monoisotopic (exact) mass is 513 g/mol. The van der Waals surface area contributed by atoms with Crippen LogP contribution in [0.2, 0.25) is 5.02 Å². The molecule has 176 valence electrons. The zero-order valence-electron chi connectivity index (χ0n) is 18.7. The predicted molar refractivity (Wildman–Crippen MR) is 142 cm³/mol. The second kappa shape index (κ2) is 11.2. The van der Waals surface area contributed by atoms with Crippen LogP contribution in [0.4, 0.5) is 0 Å². The molecule has 0 spiro atoms. The van der Waals surface area contributed by atoms with Gasteiger partial charge in [-0.1, -0.05) is 86.4 Å². The van der Waals surface area contributed by atoms with Crippen LogP contribution in [-0.4, -0.2) is 31.1 Å². The molecule has 2 aromatic heterocycles. The van der Waals surface area contributed by atoms with Crippen molar-refractivity contribution in [2.75, 3.05) is 6.54 Å². The van der Waals surface area contributed by atoms with E-state index in [4.69, 9.17) is 28.6 Å². The van der Waals surface area contributed by atoms with Gasteiger partial charge in [0.2, 0.25) is 5.88 Å². The topological polar surface area (TPSA) is 63.9 Å². The lowest BCUT2D eigenvalue weighted by Gasteiger charge is -2.14. The highest BCUT2D eigenvalue weighted by Gasteiger charge is 2.32. The molecule has 9 heteroatoms. The lowest BCUT2D eigenvalue weighted by atomic mass is 10.1. The molecule has 0 atom stereocenters. The Morgan fingerprint density at radius 1 is 1.09 bits per heavy atom. The molecule has 0 N–H and O–H groups in total. The number of aromatic nitrogens is 2. The van der Waals surface area contributed by atoms with E-state index in [1.807, 2.05) is 0 Å². The standard InChI is InChI=1S/C25H24ClN3O3S2/c1-2-3-4-5-9-15-29-24(31)20(34-25(29)33)16-17-22(32-19-12-7-6-11-18(19)26)27-21-13-8-10-14-28(21)23(17)30/h6-8,10-14,16H,2-5,9,15H2,1H3/b20-16+. The van der Waals surface area contributed by atoms with Crippen molar-refractivity contribution in [3.63, 3.8) is 0 Å². The second-order valence-corrected chi connectivity index (χ2v) is 9.93. The van der Waals surface area contributed by atoms with Gasteiger partial charge in [-0.15, -0.1) is 0 Å². The first kappa shape index (κ1) is 24.4. The van der Waals surface area contributed by atoms with E-state index in [1.54, 1.807) is 53.6 Å². The van der Waals surface area contributed by atoms with Gasteiger partial charge in [0.25, 0.3) is 11.5 Å². The Kier molecular flexibility index (Phi) is 8.03. The number of halogens is 1. The van der Waals surface area contributed by atoms with Crippen molar-refractivity contribution in [2.45, 2.75) is 39.0 Å². The third kappa shape index (κ3) is 5.35. The summed E-state index contributed by atoms with van der Waals surface area (Å²) in [5, 5.41) is 0.387. The number of carbonyl (C=O) groups excluding carboxylic acids is 1. The van der Waals surface area contributed by atoms with Crippen LogP contribution >= 0.6 is 35.6 Å². The number of amides is 1. The van der Waals surface area contributed by atoms with Crippen LogP contribution in [0.25, 0.3) is 11.7 Å². The van der Waals surface area contributed by atoms with Crippen molar-refractivity contribution < 1.29 is 9.53 Å². The molecule has 1 fully saturated rings. The zero-order valence-corrected chi connectivity index (χ0v) is 21.1. The Bertz CT molecular complexity index is 1320. The summed E-state index contributed by atoms with van der Waals surface area (Å²) in [6.07, 6.45) is 8.59. The molecule has 0 radical (unpaired) electrons. The van der Waals surface area contributed by atoms with Gasteiger partial charge in [0, 0.05) is 12.7 Å². The van der Waals surface area contributed by atoms with Crippen molar-refractivity contribution in [3.8, 4) is 11.6 Å². The van der Waals surface area contributed by atoms with E-state index in [2.05, 4.69) is 11.9 Å². The second-order valence-electron chi connectivity index (χ2n) is 7.84. The first-order valence-electron chi connectivity index (χ1n) is 11.2. The number of thiocarbonyl (C=S) groups is 1. The SMILES string of the molecule is CCCCCCCN1C(=O)/C(=C\c2c(Oc3ccccc3Cl)nc3ccccn3c2=O)SC1=S. The molecule has 1 amide bonds. The zero-order chi connectivity index (χ0) is 24.1. The van der Waals surface area contributed by atoms with E-state index >= 15 is 0 Å². The van der Waals surface area contributed by atoms with Crippen LogP contribution in [0.5, 0.6) is 11.6 Å². The molecule has 1 aromatic carbocycles. The van der Waals surface area contributed by atoms with E-state index in [1.165, 1.54) is 28.7 Å². The van der Waals surface area contributed by atoms with E-state index in [-0.39, 0.29) is 22.9 Å². The van der Waals surface area contributed by atoms with Crippen LogP contribution in [0.15, 0.2) is 58.4 Å². The number of pyridine rings is 1. The van der Waals surface area contributed by atoms with E-state index in [0.29, 0.717) is 32.2 Å². The average Bonchev–Trinajstić information content (AvgIpc) is 3.10. The Morgan fingerprint density at radius 3 is 2.65 bits per heavy atom. The highest BCUT2D eigenvalue weighted by Crippen LogP contribution is 2.35. The first-order chi connectivity index (χ1) is 16.5. The van der Waals surface area contributed by atoms with Gasteiger partial charge < -0.3 is 4.74 Å². The molecule has 3 heterocycles. The van der Waals surface area contributed by atoms with E-state index in [9.17, 15) is 9.59 Å². The molecule has 0 bridgehead atoms. The van der Waals surface area contributed by atoms with Crippen LogP contribution < -0.4 is 10.3 Å². The maximum atomic E-state index is 13.4. The third-order valence-corrected chi connectivity index (χ3v) is 7.10. The van der Waals surface area contributed by atoms with Gasteiger partial charge in [-0.2, -0.15) is 4.98 Å². The Hall–Kier alpha value is -2.68. The number of hydrogen-bond acceptors (Lipinski definition) is 6. The van der Waals surface area contributed by atoms with Gasteiger partial charge in [0.1, 0.15) is 21.3 Å². The molecule has 6 nitrogen and oxygen atoms in total. The average molecular weight is 514 g/mol. The third-order valence-electron chi connectivity index (χ3n) is 5.41. The molecule has 1 saturated heterocycles. The minimum Gasteiger partial charge on any atom is -0.437 e. The fraction of sp³-hybridized carbons (Fsp3) is 0.280. The summed E-state index contributed by atoms with van der Waals surface area (Å²) in [4.78, 5) is 33.0. The summed E-state index contributed by atoms with van der Waals surface area (Å²) in [6.45, 7) is 2.74. The summed E-state index contributed by atoms with van der Waals surface area (Å²) in [5.74, 6) is 0.242. The quantitative estimate of drug-likeness (QED) is 0.190. The molecule has 0 saturated carbocycles. The van der Waals surface area contributed by atoms with Gasteiger partial charge in [-0.3, -0.25) is 18.9 Å².